The summed E-state index contributed by atoms with van der Waals surface area (Å²) in [5.41, 5.74) is 1.16. The summed E-state index contributed by atoms with van der Waals surface area (Å²) in [7, 11) is 0. The first-order valence-electron chi connectivity index (χ1n) is 11.4. The van der Waals surface area contributed by atoms with E-state index in [1.165, 1.54) is 29.3 Å². The summed E-state index contributed by atoms with van der Waals surface area (Å²) < 4.78 is 20.4. The van der Waals surface area contributed by atoms with Crippen LogP contribution >= 0.6 is 11.6 Å². The molecular weight excluding hydrogens is 461 g/mol. The zero-order valence-electron chi connectivity index (χ0n) is 18.8. The van der Waals surface area contributed by atoms with Gasteiger partial charge in [-0.2, -0.15) is 0 Å². The maximum atomic E-state index is 14.2. The molecule has 3 saturated heterocycles. The number of piperidine rings is 1. The molecule has 1 aromatic rings. The molecule has 5 rings (SSSR count). The Morgan fingerprint density at radius 2 is 2.18 bits per heavy atom. The van der Waals surface area contributed by atoms with Gasteiger partial charge in [0.15, 0.2) is 0 Å². The number of nitrogens with zero attached hydrogens (tertiary/aromatic N) is 3. The average Bonchev–Trinajstić information content (AvgIpc) is 3.28. The highest BCUT2D eigenvalue weighted by molar-refractivity contribution is 6.39. The molecule has 0 saturated carbocycles. The first kappa shape index (κ1) is 23.0. The molecule has 4 atom stereocenters. The van der Waals surface area contributed by atoms with Crippen LogP contribution in [0.2, 0.25) is 0 Å². The van der Waals surface area contributed by atoms with Crippen molar-refractivity contribution in [3.8, 4) is 5.75 Å². The lowest BCUT2D eigenvalue weighted by Gasteiger charge is -2.38. The SMILES string of the molecule is CC1CC2CC(Oc3cc(F)ccc3C(=O)N3CC(=N)/C(=C4/N=CC(Cl)=CN4)C3)CC1N2CO. The summed E-state index contributed by atoms with van der Waals surface area (Å²) >= 11 is 5.89. The summed E-state index contributed by atoms with van der Waals surface area (Å²) in [6.07, 6.45) is 5.33. The molecule has 0 radical (unpaired) electrons. The Morgan fingerprint density at radius 3 is 2.88 bits per heavy atom. The number of hydrogen-bond donors (Lipinski definition) is 3. The summed E-state index contributed by atoms with van der Waals surface area (Å²) in [5.74, 6) is 0.350. The largest absolute Gasteiger partial charge is 0.489 e. The lowest BCUT2D eigenvalue weighted by Crippen LogP contribution is -2.47. The number of carbonyl (C=O) groups excluding carboxylic acids is 1. The van der Waals surface area contributed by atoms with Gasteiger partial charge in [0.1, 0.15) is 23.5 Å². The quantitative estimate of drug-likeness (QED) is 0.606. The van der Waals surface area contributed by atoms with Crippen molar-refractivity contribution in [3.63, 3.8) is 0 Å². The Hall–Kier alpha value is -2.75. The van der Waals surface area contributed by atoms with E-state index in [1.54, 1.807) is 6.20 Å². The number of carbonyl (C=O) groups is 1. The number of nitrogens with one attached hydrogen (secondary N) is 2. The Kier molecular flexibility index (Phi) is 6.18. The second-order valence-corrected chi connectivity index (χ2v) is 9.78. The van der Waals surface area contributed by atoms with E-state index in [0.717, 1.165) is 12.8 Å². The van der Waals surface area contributed by atoms with Crippen molar-refractivity contribution in [1.29, 1.82) is 5.41 Å². The molecule has 1 aromatic carbocycles. The van der Waals surface area contributed by atoms with E-state index in [2.05, 4.69) is 22.1 Å². The van der Waals surface area contributed by atoms with Gasteiger partial charge in [0.2, 0.25) is 0 Å². The molecule has 34 heavy (non-hydrogen) atoms. The maximum Gasteiger partial charge on any atom is 0.258 e. The van der Waals surface area contributed by atoms with Gasteiger partial charge in [-0.05, 0) is 30.9 Å². The van der Waals surface area contributed by atoms with Gasteiger partial charge in [-0.3, -0.25) is 9.69 Å². The van der Waals surface area contributed by atoms with E-state index >= 15 is 0 Å². The zero-order valence-corrected chi connectivity index (χ0v) is 19.6. The van der Waals surface area contributed by atoms with Crippen LogP contribution in [-0.2, 0) is 0 Å². The molecule has 180 valence electrons. The van der Waals surface area contributed by atoms with E-state index < -0.39 is 5.82 Å². The fourth-order valence-corrected chi connectivity index (χ4v) is 5.62. The predicted octanol–water partition coefficient (Wildman–Crippen LogP) is 2.84. The lowest BCUT2D eigenvalue weighted by atomic mass is 9.97. The van der Waals surface area contributed by atoms with Gasteiger partial charge < -0.3 is 25.5 Å². The summed E-state index contributed by atoms with van der Waals surface area (Å²) in [5, 5.41) is 21.5. The molecule has 4 unspecified atom stereocenters. The third-order valence-electron chi connectivity index (χ3n) is 7.17. The van der Waals surface area contributed by atoms with E-state index in [9.17, 15) is 14.3 Å². The number of fused-ring (bicyclic) bond motifs is 2. The van der Waals surface area contributed by atoms with Crippen molar-refractivity contribution in [3.05, 3.63) is 52.2 Å². The maximum absolute atomic E-state index is 14.2. The van der Waals surface area contributed by atoms with Gasteiger partial charge in [0.25, 0.3) is 5.91 Å². The van der Waals surface area contributed by atoms with Gasteiger partial charge >= 0.3 is 0 Å². The summed E-state index contributed by atoms with van der Waals surface area (Å²) in [4.78, 5) is 21.3. The number of aliphatic hydroxyl groups is 1. The Labute approximate surface area is 202 Å². The van der Waals surface area contributed by atoms with Crippen molar-refractivity contribution in [2.75, 3.05) is 19.8 Å². The second kappa shape index (κ2) is 9.13. The number of ether oxygens (including phenoxy) is 1. The molecule has 4 aliphatic rings. The monoisotopic (exact) mass is 487 g/mol. The van der Waals surface area contributed by atoms with Crippen molar-refractivity contribution in [1.82, 2.24) is 15.1 Å². The smallest absolute Gasteiger partial charge is 0.258 e. The Balaban J connectivity index is 1.34. The highest BCUT2D eigenvalue weighted by Gasteiger charge is 2.45. The van der Waals surface area contributed by atoms with Gasteiger partial charge in [-0.1, -0.05) is 18.5 Å². The minimum atomic E-state index is -0.475. The number of aliphatic hydroxyl groups excluding tert-OH is 1. The number of hydrogen-bond acceptors (Lipinski definition) is 7. The topological polar surface area (TPSA) is 101 Å². The Bertz CT molecular complexity index is 1120. The van der Waals surface area contributed by atoms with E-state index in [1.807, 2.05) is 0 Å². The predicted molar refractivity (Wildman–Crippen MR) is 127 cm³/mol. The minimum Gasteiger partial charge on any atom is -0.489 e. The van der Waals surface area contributed by atoms with Crippen LogP contribution in [0.1, 0.15) is 36.5 Å². The van der Waals surface area contributed by atoms with Gasteiger partial charge in [0, 0.05) is 42.6 Å². The molecule has 0 spiro atoms. The third-order valence-corrected chi connectivity index (χ3v) is 7.37. The number of rotatable bonds is 4. The van der Waals surface area contributed by atoms with Gasteiger partial charge in [-0.25, -0.2) is 9.38 Å². The molecule has 10 heteroatoms. The Morgan fingerprint density at radius 1 is 1.35 bits per heavy atom. The molecule has 3 fully saturated rings. The van der Waals surface area contributed by atoms with Crippen LogP contribution < -0.4 is 10.1 Å². The first-order chi connectivity index (χ1) is 16.3. The normalized spacial score (nSPS) is 31.0. The summed E-state index contributed by atoms with van der Waals surface area (Å²) in [6, 6.07) is 4.39. The number of likely N-dealkylation sites (tertiary alicyclic amines) is 1. The highest BCUT2D eigenvalue weighted by Crippen LogP contribution is 2.40. The van der Waals surface area contributed by atoms with Crippen LogP contribution in [0.4, 0.5) is 4.39 Å². The third kappa shape index (κ3) is 4.23. The molecule has 4 aliphatic heterocycles. The van der Waals surface area contributed by atoms with Gasteiger partial charge in [0.05, 0.1) is 36.1 Å². The second-order valence-electron chi connectivity index (χ2n) is 9.34. The van der Waals surface area contributed by atoms with E-state index in [-0.39, 0.29) is 60.9 Å². The van der Waals surface area contributed by atoms with Crippen LogP contribution in [0, 0.1) is 17.1 Å². The van der Waals surface area contributed by atoms with Crippen LogP contribution in [0.15, 0.2) is 45.8 Å². The molecular formula is C24H27ClFN5O3. The molecule has 0 aromatic heterocycles. The number of allylic oxidation sites excluding steroid dienone is 1. The number of aliphatic imine (C=N–C) groups is 1. The van der Waals surface area contributed by atoms with Crippen molar-refractivity contribution in [2.24, 2.45) is 10.9 Å². The molecule has 0 aliphatic carbocycles. The molecule has 8 nitrogen and oxygen atoms in total. The molecule has 4 heterocycles. The van der Waals surface area contributed by atoms with Crippen molar-refractivity contribution in [2.45, 2.75) is 44.4 Å². The fraction of sp³-hybridized carbons (Fsp3) is 0.458. The first-order valence-corrected chi connectivity index (χ1v) is 11.8. The van der Waals surface area contributed by atoms with Gasteiger partial charge in [-0.15, -0.1) is 0 Å². The highest BCUT2D eigenvalue weighted by atomic mass is 35.5. The average molecular weight is 488 g/mol. The zero-order chi connectivity index (χ0) is 24.0. The number of amides is 1. The van der Waals surface area contributed by atoms with E-state index in [0.29, 0.717) is 28.8 Å². The van der Waals surface area contributed by atoms with Crippen molar-refractivity contribution < 1.29 is 19.0 Å². The summed E-state index contributed by atoms with van der Waals surface area (Å²) in [6.45, 7) is 2.53. The lowest BCUT2D eigenvalue weighted by molar-refractivity contribution is -0.00903. The van der Waals surface area contributed by atoms with Crippen molar-refractivity contribution >= 4 is 29.4 Å². The van der Waals surface area contributed by atoms with Crippen LogP contribution in [0.5, 0.6) is 5.75 Å². The molecule has 1 amide bonds. The van der Waals surface area contributed by atoms with E-state index in [4.69, 9.17) is 21.7 Å². The minimum absolute atomic E-state index is 0.0236. The van der Waals surface area contributed by atoms with Crippen LogP contribution in [0.25, 0.3) is 0 Å². The molecule has 3 N–H and O–H groups in total. The van der Waals surface area contributed by atoms with Crippen LogP contribution in [-0.4, -0.2) is 70.7 Å². The van der Waals surface area contributed by atoms with Crippen LogP contribution in [0.3, 0.4) is 0 Å². The standard InChI is InChI=1S/C24H27ClFN5O3/c1-13-4-16-6-17(7-21(13)31(16)12-32)34-22-5-15(26)2-3-18(22)24(33)30-10-19(20(27)11-30)23-28-8-14(25)9-29-23/h2-3,5,8-9,13,16-17,21,27-28,32H,4,6-7,10-12H2,1H3/b23-19+,27-20?. The fourth-order valence-electron chi connectivity index (χ4n) is 5.52. The number of halogens is 2. The molecule has 2 bridgehead atoms. The number of benzene rings is 1.